The van der Waals surface area contributed by atoms with Gasteiger partial charge in [-0.15, -0.1) is 0 Å². The number of aromatic amines is 1. The summed E-state index contributed by atoms with van der Waals surface area (Å²) >= 11 is 0. The fourth-order valence-electron chi connectivity index (χ4n) is 2.90. The lowest BCUT2D eigenvalue weighted by Gasteiger charge is -2.40. The average Bonchev–Trinajstić information content (AvgIpc) is 2.84. The number of rotatable bonds is 4. The van der Waals surface area contributed by atoms with Gasteiger partial charge in [-0.25, -0.2) is 4.98 Å². The molecule has 0 unspecified atom stereocenters. The smallest absolute Gasteiger partial charge is 0.109 e. The van der Waals surface area contributed by atoms with Gasteiger partial charge in [-0.05, 0) is 59.5 Å². The Bertz CT molecular complexity index is 381. The Hall–Kier alpha value is -0.830. The molecule has 3 heteroatoms. The molecule has 0 aliphatic carbocycles. The zero-order valence-corrected chi connectivity index (χ0v) is 13.0. The van der Waals surface area contributed by atoms with E-state index in [0.717, 1.165) is 6.42 Å². The van der Waals surface area contributed by atoms with Crippen molar-refractivity contribution in [2.45, 2.75) is 71.3 Å². The van der Waals surface area contributed by atoms with Crippen LogP contribution in [0.5, 0.6) is 0 Å². The molecule has 0 amide bonds. The van der Waals surface area contributed by atoms with Crippen molar-refractivity contribution in [1.82, 2.24) is 14.9 Å². The molecule has 0 spiro atoms. The van der Waals surface area contributed by atoms with Crippen molar-refractivity contribution in [1.29, 1.82) is 0 Å². The Morgan fingerprint density at radius 3 is 2.58 bits per heavy atom. The molecule has 1 fully saturated rings. The Morgan fingerprint density at radius 1 is 1.32 bits per heavy atom. The fourth-order valence-corrected chi connectivity index (χ4v) is 2.90. The number of piperidine rings is 1. The summed E-state index contributed by atoms with van der Waals surface area (Å²) < 4.78 is 0. The van der Waals surface area contributed by atoms with Crippen LogP contribution >= 0.6 is 0 Å². The van der Waals surface area contributed by atoms with Crippen LogP contribution in [-0.2, 0) is 6.42 Å². The van der Waals surface area contributed by atoms with Crippen LogP contribution < -0.4 is 0 Å². The topological polar surface area (TPSA) is 31.9 Å². The van der Waals surface area contributed by atoms with E-state index in [2.05, 4.69) is 42.6 Å². The predicted molar refractivity (Wildman–Crippen MR) is 80.5 cm³/mol. The monoisotopic (exact) mass is 263 g/mol. The van der Waals surface area contributed by atoms with E-state index >= 15 is 0 Å². The van der Waals surface area contributed by atoms with Gasteiger partial charge < -0.3 is 4.98 Å². The zero-order chi connectivity index (χ0) is 13.9. The quantitative estimate of drug-likeness (QED) is 0.897. The number of unbranched alkanes of at least 4 members (excludes halogenated alkanes) is 1. The summed E-state index contributed by atoms with van der Waals surface area (Å²) in [5, 5.41) is 0. The number of H-pyrrole nitrogens is 1. The molecule has 1 N–H and O–H groups in total. The molecule has 108 valence electrons. The van der Waals surface area contributed by atoms with E-state index in [1.807, 2.05) is 6.20 Å². The van der Waals surface area contributed by atoms with Crippen LogP contribution in [0.3, 0.4) is 0 Å². The van der Waals surface area contributed by atoms with E-state index in [9.17, 15) is 0 Å². The van der Waals surface area contributed by atoms with E-state index in [-0.39, 0.29) is 0 Å². The van der Waals surface area contributed by atoms with Gasteiger partial charge in [-0.2, -0.15) is 0 Å². The third-order valence-electron chi connectivity index (χ3n) is 4.28. The van der Waals surface area contributed by atoms with Gasteiger partial charge in [0.1, 0.15) is 5.82 Å². The summed E-state index contributed by atoms with van der Waals surface area (Å²) in [5.41, 5.74) is 1.62. The first-order valence-corrected chi connectivity index (χ1v) is 7.79. The molecular weight excluding hydrogens is 234 g/mol. The summed E-state index contributed by atoms with van der Waals surface area (Å²) in [4.78, 5) is 10.7. The second kappa shape index (κ2) is 6.08. The molecule has 1 aromatic heterocycles. The SMILES string of the molecule is CCCCc1cnc(C2CCN(C(C)(C)C)CC2)[nH]1. The molecule has 0 atom stereocenters. The normalized spacial score (nSPS) is 18.9. The van der Waals surface area contributed by atoms with E-state index < -0.39 is 0 Å². The number of aryl methyl sites for hydroxylation is 1. The molecule has 1 aliphatic heterocycles. The van der Waals surface area contributed by atoms with E-state index in [0.29, 0.717) is 11.5 Å². The van der Waals surface area contributed by atoms with Crippen molar-refractivity contribution < 1.29 is 0 Å². The molecule has 3 nitrogen and oxygen atoms in total. The third kappa shape index (κ3) is 3.82. The van der Waals surface area contributed by atoms with Gasteiger partial charge in [0.15, 0.2) is 0 Å². The number of hydrogen-bond donors (Lipinski definition) is 1. The predicted octanol–water partition coefficient (Wildman–Crippen LogP) is 3.73. The molecule has 0 saturated carbocycles. The molecule has 2 rings (SSSR count). The second-order valence-corrected chi connectivity index (χ2v) is 6.83. The molecule has 0 radical (unpaired) electrons. The van der Waals surface area contributed by atoms with Gasteiger partial charge in [0.25, 0.3) is 0 Å². The summed E-state index contributed by atoms with van der Waals surface area (Å²) in [6.07, 6.45) is 8.16. The van der Waals surface area contributed by atoms with Crippen LogP contribution in [0.4, 0.5) is 0 Å². The minimum atomic E-state index is 0.306. The highest BCUT2D eigenvalue weighted by atomic mass is 15.2. The highest BCUT2D eigenvalue weighted by molar-refractivity contribution is 5.07. The number of nitrogens with one attached hydrogen (secondary N) is 1. The molecule has 1 aromatic rings. The standard InChI is InChI=1S/C16H29N3/c1-5-6-7-14-12-17-15(18-14)13-8-10-19(11-9-13)16(2,3)4/h12-13H,5-11H2,1-4H3,(H,17,18). The first-order chi connectivity index (χ1) is 9.00. The maximum Gasteiger partial charge on any atom is 0.109 e. The van der Waals surface area contributed by atoms with E-state index in [4.69, 9.17) is 0 Å². The Kier molecular flexibility index (Phi) is 4.67. The van der Waals surface area contributed by atoms with Crippen LogP contribution in [0.15, 0.2) is 6.20 Å². The van der Waals surface area contributed by atoms with Crippen LogP contribution in [0.25, 0.3) is 0 Å². The third-order valence-corrected chi connectivity index (χ3v) is 4.28. The van der Waals surface area contributed by atoms with E-state index in [1.54, 1.807) is 0 Å². The first-order valence-electron chi connectivity index (χ1n) is 7.79. The minimum absolute atomic E-state index is 0.306. The Labute approximate surface area is 117 Å². The zero-order valence-electron chi connectivity index (χ0n) is 13.0. The van der Waals surface area contributed by atoms with Crippen molar-refractivity contribution in [3.8, 4) is 0 Å². The summed E-state index contributed by atoms with van der Waals surface area (Å²) in [5.74, 6) is 1.86. The van der Waals surface area contributed by atoms with Crippen molar-refractivity contribution in [2.24, 2.45) is 0 Å². The van der Waals surface area contributed by atoms with Gasteiger partial charge in [0, 0.05) is 23.3 Å². The highest BCUT2D eigenvalue weighted by Crippen LogP contribution is 2.29. The van der Waals surface area contributed by atoms with Gasteiger partial charge in [-0.3, -0.25) is 4.90 Å². The fraction of sp³-hybridized carbons (Fsp3) is 0.812. The van der Waals surface area contributed by atoms with Crippen molar-refractivity contribution in [3.63, 3.8) is 0 Å². The molecule has 1 aliphatic rings. The lowest BCUT2D eigenvalue weighted by molar-refractivity contribution is 0.101. The summed E-state index contributed by atoms with van der Waals surface area (Å²) in [6.45, 7) is 11.5. The molecule has 2 heterocycles. The molecule has 19 heavy (non-hydrogen) atoms. The Balaban J connectivity index is 1.89. The van der Waals surface area contributed by atoms with Crippen molar-refractivity contribution in [2.75, 3.05) is 13.1 Å². The molecule has 0 aromatic carbocycles. The van der Waals surface area contributed by atoms with Crippen LogP contribution in [0, 0.1) is 0 Å². The highest BCUT2D eigenvalue weighted by Gasteiger charge is 2.28. The number of likely N-dealkylation sites (tertiary alicyclic amines) is 1. The van der Waals surface area contributed by atoms with Gasteiger partial charge in [0.2, 0.25) is 0 Å². The van der Waals surface area contributed by atoms with Gasteiger partial charge in [-0.1, -0.05) is 13.3 Å². The van der Waals surface area contributed by atoms with Crippen molar-refractivity contribution >= 4 is 0 Å². The van der Waals surface area contributed by atoms with Crippen molar-refractivity contribution in [3.05, 3.63) is 17.7 Å². The van der Waals surface area contributed by atoms with E-state index in [1.165, 1.54) is 50.3 Å². The lowest BCUT2D eigenvalue weighted by atomic mass is 9.92. The number of aromatic nitrogens is 2. The largest absolute Gasteiger partial charge is 0.346 e. The first kappa shape index (κ1) is 14.6. The number of imidazole rings is 1. The molecular formula is C16H29N3. The van der Waals surface area contributed by atoms with Crippen LogP contribution in [-0.4, -0.2) is 33.5 Å². The molecule has 0 bridgehead atoms. The number of nitrogens with zero attached hydrogens (tertiary/aromatic N) is 2. The minimum Gasteiger partial charge on any atom is -0.346 e. The molecule has 1 saturated heterocycles. The van der Waals surface area contributed by atoms with Gasteiger partial charge >= 0.3 is 0 Å². The van der Waals surface area contributed by atoms with Crippen LogP contribution in [0.2, 0.25) is 0 Å². The number of hydrogen-bond acceptors (Lipinski definition) is 2. The lowest BCUT2D eigenvalue weighted by Crippen LogP contribution is -2.45. The summed E-state index contributed by atoms with van der Waals surface area (Å²) in [7, 11) is 0. The average molecular weight is 263 g/mol. The second-order valence-electron chi connectivity index (χ2n) is 6.83. The van der Waals surface area contributed by atoms with Gasteiger partial charge in [0.05, 0.1) is 0 Å². The maximum atomic E-state index is 4.61. The summed E-state index contributed by atoms with van der Waals surface area (Å²) in [6, 6.07) is 0. The van der Waals surface area contributed by atoms with Crippen LogP contribution in [0.1, 0.15) is 70.8 Å². The maximum absolute atomic E-state index is 4.61. The Morgan fingerprint density at radius 2 is 2.00 bits per heavy atom.